The van der Waals surface area contributed by atoms with E-state index in [0.717, 1.165) is 38.8 Å². The minimum Gasteiger partial charge on any atom is -0.389 e. The molecule has 1 aromatic heterocycles. The van der Waals surface area contributed by atoms with Crippen LogP contribution in [-0.2, 0) is 13.1 Å². The Morgan fingerprint density at radius 2 is 2.38 bits per heavy atom. The lowest BCUT2D eigenvalue weighted by Gasteiger charge is -2.36. The highest BCUT2D eigenvalue weighted by Crippen LogP contribution is 2.30. The second kappa shape index (κ2) is 4.97. The number of aliphatic hydroxyl groups is 1. The van der Waals surface area contributed by atoms with Gasteiger partial charge in [-0.25, -0.2) is 4.98 Å². The summed E-state index contributed by atoms with van der Waals surface area (Å²) in [6, 6.07) is 0. The summed E-state index contributed by atoms with van der Waals surface area (Å²) in [6.07, 6.45) is 7.92. The first kappa shape index (κ1) is 11.6. The third-order valence-corrected chi connectivity index (χ3v) is 3.31. The van der Waals surface area contributed by atoms with Gasteiger partial charge >= 0.3 is 0 Å². The zero-order valence-corrected chi connectivity index (χ0v) is 9.95. The highest BCUT2D eigenvalue weighted by atomic mass is 16.3. The van der Waals surface area contributed by atoms with Gasteiger partial charge in [0.05, 0.1) is 17.6 Å². The average molecular weight is 223 g/mol. The molecule has 90 valence electrons. The van der Waals surface area contributed by atoms with Gasteiger partial charge in [-0.2, -0.15) is 0 Å². The van der Waals surface area contributed by atoms with E-state index in [0.29, 0.717) is 6.54 Å². The third kappa shape index (κ3) is 2.62. The predicted molar refractivity (Wildman–Crippen MR) is 63.0 cm³/mol. The normalized spacial score (nSPS) is 18.4. The highest BCUT2D eigenvalue weighted by Gasteiger charge is 2.33. The van der Waals surface area contributed by atoms with Crippen molar-refractivity contribution < 1.29 is 5.11 Å². The van der Waals surface area contributed by atoms with Crippen LogP contribution in [-0.4, -0.2) is 26.8 Å². The molecule has 0 atom stereocenters. The van der Waals surface area contributed by atoms with Crippen LogP contribution in [0, 0.1) is 0 Å². The van der Waals surface area contributed by atoms with Crippen molar-refractivity contribution in [3.05, 3.63) is 18.2 Å². The monoisotopic (exact) mass is 223 g/mol. The van der Waals surface area contributed by atoms with Gasteiger partial charge in [0.25, 0.3) is 0 Å². The Bertz CT molecular complexity index is 331. The molecular weight excluding hydrogens is 202 g/mol. The van der Waals surface area contributed by atoms with Gasteiger partial charge in [0.1, 0.15) is 0 Å². The number of nitrogens with one attached hydrogen (secondary N) is 1. The van der Waals surface area contributed by atoms with Crippen LogP contribution in [0.2, 0.25) is 0 Å². The maximum Gasteiger partial charge on any atom is 0.0948 e. The Morgan fingerprint density at radius 1 is 1.56 bits per heavy atom. The summed E-state index contributed by atoms with van der Waals surface area (Å²) in [5.41, 5.74) is 0.764. The Morgan fingerprint density at radius 3 is 3.00 bits per heavy atom. The van der Waals surface area contributed by atoms with Gasteiger partial charge in [0.15, 0.2) is 0 Å². The molecule has 0 radical (unpaired) electrons. The second-order valence-corrected chi connectivity index (χ2v) is 4.76. The Balaban J connectivity index is 1.78. The fraction of sp³-hybridized carbons (Fsp3) is 0.750. The van der Waals surface area contributed by atoms with Crippen LogP contribution in [0.5, 0.6) is 0 Å². The largest absolute Gasteiger partial charge is 0.389 e. The molecule has 16 heavy (non-hydrogen) atoms. The molecule has 2 N–H and O–H groups in total. The first-order chi connectivity index (χ1) is 7.73. The summed E-state index contributed by atoms with van der Waals surface area (Å²) in [7, 11) is 0. The molecule has 1 aliphatic rings. The fourth-order valence-corrected chi connectivity index (χ4v) is 2.12. The molecule has 0 aliphatic heterocycles. The van der Waals surface area contributed by atoms with Crippen molar-refractivity contribution in [1.82, 2.24) is 14.9 Å². The van der Waals surface area contributed by atoms with Crippen LogP contribution < -0.4 is 5.32 Å². The zero-order valence-electron chi connectivity index (χ0n) is 9.95. The SMILES string of the molecule is CCCn1cncc1CNCC1(O)CCC1. The highest BCUT2D eigenvalue weighted by molar-refractivity contribution is 4.99. The van der Waals surface area contributed by atoms with Crippen LogP contribution in [0.15, 0.2) is 12.5 Å². The van der Waals surface area contributed by atoms with Crippen molar-refractivity contribution >= 4 is 0 Å². The van der Waals surface area contributed by atoms with Crippen LogP contribution in [0.3, 0.4) is 0 Å². The standard InChI is InChI=1S/C12H21N3O/c1-2-6-15-10-14-8-11(15)7-13-9-12(16)4-3-5-12/h8,10,13,16H,2-7,9H2,1H3. The number of aromatic nitrogens is 2. The molecule has 2 rings (SSSR count). The van der Waals surface area contributed by atoms with Crippen LogP contribution in [0.1, 0.15) is 38.3 Å². The van der Waals surface area contributed by atoms with Crippen molar-refractivity contribution in [3.8, 4) is 0 Å². The van der Waals surface area contributed by atoms with Gasteiger partial charge in [-0.05, 0) is 25.7 Å². The average Bonchev–Trinajstić information content (AvgIpc) is 2.64. The number of hydrogen-bond donors (Lipinski definition) is 2. The number of nitrogens with zero attached hydrogens (tertiary/aromatic N) is 2. The third-order valence-electron chi connectivity index (χ3n) is 3.31. The molecule has 0 spiro atoms. The molecular formula is C12H21N3O. The lowest BCUT2D eigenvalue weighted by molar-refractivity contribution is -0.0315. The van der Waals surface area contributed by atoms with Crippen molar-refractivity contribution in [2.24, 2.45) is 0 Å². The zero-order chi connectivity index (χ0) is 11.4. The van der Waals surface area contributed by atoms with Gasteiger partial charge in [0.2, 0.25) is 0 Å². The first-order valence-electron chi connectivity index (χ1n) is 6.16. The minimum absolute atomic E-state index is 0.435. The van der Waals surface area contributed by atoms with Crippen molar-refractivity contribution in [2.45, 2.75) is 51.3 Å². The summed E-state index contributed by atoms with van der Waals surface area (Å²) in [5.74, 6) is 0. The predicted octanol–water partition coefficient (Wildman–Crippen LogP) is 1.30. The Labute approximate surface area is 96.7 Å². The topological polar surface area (TPSA) is 50.1 Å². The molecule has 0 saturated heterocycles. The van der Waals surface area contributed by atoms with Gasteiger partial charge in [0, 0.05) is 25.8 Å². The fourth-order valence-electron chi connectivity index (χ4n) is 2.12. The van der Waals surface area contributed by atoms with Crippen LogP contribution >= 0.6 is 0 Å². The molecule has 1 saturated carbocycles. The van der Waals surface area contributed by atoms with E-state index in [1.165, 1.54) is 5.69 Å². The Kier molecular flexibility index (Phi) is 3.61. The number of hydrogen-bond acceptors (Lipinski definition) is 3. The smallest absolute Gasteiger partial charge is 0.0948 e. The van der Waals surface area contributed by atoms with E-state index in [2.05, 4.69) is 21.8 Å². The molecule has 0 bridgehead atoms. The maximum atomic E-state index is 9.93. The van der Waals surface area contributed by atoms with Gasteiger partial charge in [-0.3, -0.25) is 0 Å². The molecule has 1 aliphatic carbocycles. The Hall–Kier alpha value is -0.870. The lowest BCUT2D eigenvalue weighted by Crippen LogP contribution is -2.46. The molecule has 1 heterocycles. The van der Waals surface area contributed by atoms with Crippen LogP contribution in [0.25, 0.3) is 0 Å². The van der Waals surface area contributed by atoms with Gasteiger partial charge in [-0.1, -0.05) is 6.92 Å². The summed E-state index contributed by atoms with van der Waals surface area (Å²) < 4.78 is 2.16. The van der Waals surface area contributed by atoms with E-state index in [1.807, 2.05) is 12.5 Å². The molecule has 1 aromatic rings. The van der Waals surface area contributed by atoms with Crippen molar-refractivity contribution in [1.29, 1.82) is 0 Å². The van der Waals surface area contributed by atoms with E-state index in [-0.39, 0.29) is 0 Å². The van der Waals surface area contributed by atoms with E-state index in [4.69, 9.17) is 0 Å². The number of aryl methyl sites for hydroxylation is 1. The van der Waals surface area contributed by atoms with Gasteiger partial charge in [-0.15, -0.1) is 0 Å². The van der Waals surface area contributed by atoms with Crippen molar-refractivity contribution in [3.63, 3.8) is 0 Å². The molecule has 0 aromatic carbocycles. The van der Waals surface area contributed by atoms with E-state index < -0.39 is 5.60 Å². The first-order valence-corrected chi connectivity index (χ1v) is 6.16. The molecule has 1 fully saturated rings. The number of imidazole rings is 1. The van der Waals surface area contributed by atoms with E-state index >= 15 is 0 Å². The molecule has 0 unspecified atom stereocenters. The van der Waals surface area contributed by atoms with E-state index in [9.17, 15) is 5.11 Å². The minimum atomic E-state index is -0.435. The van der Waals surface area contributed by atoms with Gasteiger partial charge < -0.3 is 15.0 Å². The van der Waals surface area contributed by atoms with E-state index in [1.54, 1.807) is 0 Å². The summed E-state index contributed by atoms with van der Waals surface area (Å²) in [4.78, 5) is 4.15. The molecule has 0 amide bonds. The van der Waals surface area contributed by atoms with Crippen molar-refractivity contribution in [2.75, 3.05) is 6.54 Å². The number of rotatable bonds is 6. The molecule has 4 nitrogen and oxygen atoms in total. The maximum absolute atomic E-state index is 9.93. The summed E-state index contributed by atoms with van der Waals surface area (Å²) in [6.45, 7) is 4.67. The second-order valence-electron chi connectivity index (χ2n) is 4.76. The molecule has 4 heteroatoms. The van der Waals surface area contributed by atoms with Crippen LogP contribution in [0.4, 0.5) is 0 Å². The lowest BCUT2D eigenvalue weighted by atomic mass is 9.80. The quantitative estimate of drug-likeness (QED) is 0.764. The summed E-state index contributed by atoms with van der Waals surface area (Å²) in [5, 5.41) is 13.2. The summed E-state index contributed by atoms with van der Waals surface area (Å²) >= 11 is 0.